The van der Waals surface area contributed by atoms with Crippen molar-refractivity contribution in [2.75, 3.05) is 0 Å². The second-order valence-corrected chi connectivity index (χ2v) is 12.3. The summed E-state index contributed by atoms with van der Waals surface area (Å²) < 4.78 is 17.6. The van der Waals surface area contributed by atoms with Gasteiger partial charge in [-0.05, 0) is 70.2 Å². The summed E-state index contributed by atoms with van der Waals surface area (Å²) in [6, 6.07) is 13.8. The van der Waals surface area contributed by atoms with Crippen molar-refractivity contribution >= 4 is 22.3 Å². The van der Waals surface area contributed by atoms with Crippen LogP contribution in [0.15, 0.2) is 54.9 Å². The number of nitrogens with one attached hydrogen (secondary N) is 1. The van der Waals surface area contributed by atoms with Gasteiger partial charge in [0.05, 0.1) is 35.2 Å². The van der Waals surface area contributed by atoms with Crippen molar-refractivity contribution in [2.24, 2.45) is 5.92 Å². The number of pyridine rings is 1. The monoisotopic (exact) mass is 504 g/mol. The Labute approximate surface area is 214 Å². The highest BCUT2D eigenvalue weighted by Crippen LogP contribution is 2.39. The molecule has 1 aliphatic rings. The first-order chi connectivity index (χ1) is 17.2. The Morgan fingerprint density at radius 3 is 2.69 bits per heavy atom. The second kappa shape index (κ2) is 9.89. The van der Waals surface area contributed by atoms with Gasteiger partial charge < -0.3 is 9.66 Å². The molecule has 1 fully saturated rings. The Kier molecular flexibility index (Phi) is 6.82. The molecule has 1 aliphatic carbocycles. The molecule has 1 unspecified atom stereocenters. The molecular weight excluding hydrogens is 472 g/mol. The van der Waals surface area contributed by atoms with Crippen LogP contribution in [0.5, 0.6) is 0 Å². The molecule has 0 amide bonds. The normalized spacial score (nSPS) is 19.7. The summed E-state index contributed by atoms with van der Waals surface area (Å²) >= 11 is -1.26. The lowest BCUT2D eigenvalue weighted by Gasteiger charge is -2.38. The van der Waals surface area contributed by atoms with Crippen LogP contribution in [-0.4, -0.2) is 45.2 Å². The topological polar surface area (TPSA) is 112 Å². The van der Waals surface area contributed by atoms with E-state index in [1.807, 2.05) is 63.4 Å². The maximum Gasteiger partial charge on any atom is 0.251 e. The molecule has 8 nitrogen and oxygen atoms in total. The summed E-state index contributed by atoms with van der Waals surface area (Å²) in [6.07, 6.45) is 5.44. The molecule has 36 heavy (non-hydrogen) atoms. The van der Waals surface area contributed by atoms with Crippen molar-refractivity contribution < 1.29 is 9.66 Å². The van der Waals surface area contributed by atoms with Crippen LogP contribution in [0.1, 0.15) is 58.0 Å². The molecule has 4 aromatic rings. The molecule has 9 heteroatoms. The second-order valence-electron chi connectivity index (χ2n) is 10.3. The predicted molar refractivity (Wildman–Crippen MR) is 142 cm³/mol. The Morgan fingerprint density at radius 2 is 1.97 bits per heavy atom. The number of nitrogens with zero attached hydrogens (tertiary/aromatic N) is 5. The number of fused-ring (bicyclic) bond motifs is 1. The van der Waals surface area contributed by atoms with E-state index in [1.54, 1.807) is 10.9 Å². The largest absolute Gasteiger partial charge is 0.598 e. The molecule has 1 aromatic carbocycles. The number of aryl methyl sites for hydroxylation is 1. The minimum atomic E-state index is -1.26. The van der Waals surface area contributed by atoms with Crippen molar-refractivity contribution in [3.63, 3.8) is 0 Å². The van der Waals surface area contributed by atoms with Crippen LogP contribution >= 0.6 is 0 Å². The fourth-order valence-electron chi connectivity index (χ4n) is 4.40. The van der Waals surface area contributed by atoms with Crippen molar-refractivity contribution in [1.82, 2.24) is 29.5 Å². The van der Waals surface area contributed by atoms with Crippen LogP contribution in [0, 0.1) is 5.92 Å². The average Bonchev–Trinajstić information content (AvgIpc) is 3.28. The zero-order valence-corrected chi connectivity index (χ0v) is 21.9. The molecule has 0 aliphatic heterocycles. The minimum Gasteiger partial charge on any atom is -0.598 e. The molecule has 5 rings (SSSR count). The van der Waals surface area contributed by atoms with Crippen LogP contribution in [-0.2, 0) is 17.8 Å². The first-order valence-electron chi connectivity index (χ1n) is 12.4. The summed E-state index contributed by atoms with van der Waals surface area (Å²) in [5, 5.41) is 15.5. The van der Waals surface area contributed by atoms with Gasteiger partial charge in [0, 0.05) is 34.2 Å². The number of hydrogen-bond donors (Lipinski definition) is 2. The lowest BCUT2D eigenvalue weighted by Crippen LogP contribution is -2.46. The first kappa shape index (κ1) is 24.8. The number of aromatic nitrogens is 5. The van der Waals surface area contributed by atoms with Gasteiger partial charge in [0.2, 0.25) is 0 Å². The quantitative estimate of drug-likeness (QED) is 0.361. The molecule has 2 N–H and O–H groups in total. The maximum atomic E-state index is 13.0. The van der Waals surface area contributed by atoms with Crippen LogP contribution in [0.4, 0.5) is 0 Å². The lowest BCUT2D eigenvalue weighted by atomic mass is 9.76. The van der Waals surface area contributed by atoms with Gasteiger partial charge in [-0.25, -0.2) is 9.97 Å². The Bertz CT molecular complexity index is 1360. The van der Waals surface area contributed by atoms with Gasteiger partial charge in [0.25, 0.3) is 5.95 Å². The van der Waals surface area contributed by atoms with Crippen molar-refractivity contribution in [1.29, 1.82) is 0 Å². The van der Waals surface area contributed by atoms with Gasteiger partial charge in [-0.15, -0.1) is 4.72 Å². The van der Waals surface area contributed by atoms with Gasteiger partial charge in [-0.2, -0.15) is 9.78 Å². The van der Waals surface area contributed by atoms with E-state index in [-0.39, 0.29) is 18.1 Å². The Morgan fingerprint density at radius 1 is 1.17 bits per heavy atom. The van der Waals surface area contributed by atoms with E-state index in [1.165, 1.54) is 0 Å². The molecule has 0 spiro atoms. The summed E-state index contributed by atoms with van der Waals surface area (Å²) in [5.41, 5.74) is 4.45. The number of benzene rings is 1. The van der Waals surface area contributed by atoms with E-state index in [0.717, 1.165) is 40.0 Å². The van der Waals surface area contributed by atoms with Crippen LogP contribution in [0.3, 0.4) is 0 Å². The zero-order chi connectivity index (χ0) is 25.4. The molecular formula is C27H32N6O2S. The summed E-state index contributed by atoms with van der Waals surface area (Å²) in [6.45, 7) is 7.91. The van der Waals surface area contributed by atoms with Crippen molar-refractivity contribution in [2.45, 2.75) is 63.9 Å². The number of aliphatic hydroxyl groups is 1. The molecule has 2 atom stereocenters. The third-order valence-corrected chi connectivity index (χ3v) is 8.20. The highest BCUT2D eigenvalue weighted by Gasteiger charge is 2.40. The summed E-state index contributed by atoms with van der Waals surface area (Å²) in [7, 11) is 0. The number of aliphatic hydroxyl groups excluding tert-OH is 1. The van der Waals surface area contributed by atoms with E-state index < -0.39 is 16.1 Å². The SMILES string of the molecule is CCc1ccnc(-n2ncc3ccc(-c4cccc([C@@H](N[S+]([O-])C(C)(C)C)C5CC(O)C5)n4)cc32)n1. The van der Waals surface area contributed by atoms with Gasteiger partial charge in [0.15, 0.2) is 0 Å². The van der Waals surface area contributed by atoms with Gasteiger partial charge in [0.1, 0.15) is 4.75 Å². The van der Waals surface area contributed by atoms with Crippen LogP contribution in [0.2, 0.25) is 0 Å². The summed E-state index contributed by atoms with van der Waals surface area (Å²) in [4.78, 5) is 14.0. The molecule has 0 saturated heterocycles. The lowest BCUT2D eigenvalue weighted by molar-refractivity contribution is 0.0273. The highest BCUT2D eigenvalue weighted by atomic mass is 32.2. The number of hydrogen-bond acceptors (Lipinski definition) is 7. The van der Waals surface area contributed by atoms with Crippen LogP contribution in [0.25, 0.3) is 28.1 Å². The third-order valence-electron chi connectivity index (χ3n) is 6.62. The number of rotatable bonds is 7. The standard InChI is InChI=1S/C27H32N6O2S/c1-5-20-11-12-28-26(30-20)33-24-15-17(9-10-18(24)16-29-33)22-7-6-8-23(31-22)25(19-13-21(34)14-19)32-36(35)27(2,3)4/h6-12,15-16,19,21,25,32,34H,5,13-14H2,1-4H3/t19?,21?,25-,36?/m0/s1. The first-order valence-corrected chi connectivity index (χ1v) is 13.5. The molecule has 1 saturated carbocycles. The fraction of sp³-hybridized carbons (Fsp3) is 0.407. The zero-order valence-electron chi connectivity index (χ0n) is 21.0. The Balaban J connectivity index is 1.50. The molecule has 188 valence electrons. The van der Waals surface area contributed by atoms with Crippen molar-refractivity contribution in [3.05, 3.63) is 66.2 Å². The van der Waals surface area contributed by atoms with E-state index in [2.05, 4.69) is 32.8 Å². The highest BCUT2D eigenvalue weighted by molar-refractivity contribution is 7.90. The minimum absolute atomic E-state index is 0.181. The van der Waals surface area contributed by atoms with Gasteiger partial charge >= 0.3 is 0 Å². The predicted octanol–water partition coefficient (Wildman–Crippen LogP) is 4.30. The Hall–Kier alpha value is -2.85. The molecule has 0 radical (unpaired) electrons. The molecule has 3 heterocycles. The summed E-state index contributed by atoms with van der Waals surface area (Å²) in [5.74, 6) is 0.724. The van der Waals surface area contributed by atoms with E-state index in [9.17, 15) is 9.66 Å². The van der Waals surface area contributed by atoms with E-state index >= 15 is 0 Å². The van der Waals surface area contributed by atoms with Gasteiger partial charge in [-0.1, -0.05) is 25.1 Å². The molecule has 3 aromatic heterocycles. The van der Waals surface area contributed by atoms with E-state index in [0.29, 0.717) is 18.8 Å². The maximum absolute atomic E-state index is 13.0. The van der Waals surface area contributed by atoms with Crippen molar-refractivity contribution in [3.8, 4) is 17.2 Å². The third kappa shape index (κ3) is 5.01. The average molecular weight is 505 g/mol. The van der Waals surface area contributed by atoms with E-state index in [4.69, 9.17) is 4.98 Å². The fourth-order valence-corrected chi connectivity index (χ4v) is 5.30. The smallest absolute Gasteiger partial charge is 0.251 e. The molecule has 0 bridgehead atoms. The van der Waals surface area contributed by atoms with Gasteiger partial charge in [-0.3, -0.25) is 4.98 Å². The van der Waals surface area contributed by atoms with Crippen LogP contribution < -0.4 is 4.72 Å².